The summed E-state index contributed by atoms with van der Waals surface area (Å²) in [4.78, 5) is 24.9. The van der Waals surface area contributed by atoms with Crippen LogP contribution in [0.25, 0.3) is 22.2 Å². The zero-order chi connectivity index (χ0) is 26.9. The van der Waals surface area contributed by atoms with Crippen molar-refractivity contribution in [3.63, 3.8) is 0 Å². The van der Waals surface area contributed by atoms with Crippen LogP contribution in [0.1, 0.15) is 28.8 Å². The van der Waals surface area contributed by atoms with Crippen molar-refractivity contribution >= 4 is 38.4 Å². The molecule has 0 bridgehead atoms. The van der Waals surface area contributed by atoms with Gasteiger partial charge in [0.2, 0.25) is 11.8 Å². The summed E-state index contributed by atoms with van der Waals surface area (Å²) in [6.45, 7) is 3.14. The lowest BCUT2D eigenvalue weighted by molar-refractivity contribution is 0.0244. The molecule has 3 heterocycles. The summed E-state index contributed by atoms with van der Waals surface area (Å²) in [6.07, 6.45) is 4.44. The normalized spacial score (nSPS) is 14.4. The van der Waals surface area contributed by atoms with E-state index in [0.29, 0.717) is 41.6 Å². The highest BCUT2D eigenvalue weighted by atomic mass is 32.2. The van der Waals surface area contributed by atoms with Crippen LogP contribution in [0.2, 0.25) is 0 Å². The van der Waals surface area contributed by atoms with Gasteiger partial charge in [0.1, 0.15) is 11.8 Å². The van der Waals surface area contributed by atoms with Crippen molar-refractivity contribution in [2.45, 2.75) is 30.8 Å². The van der Waals surface area contributed by atoms with Crippen molar-refractivity contribution in [3.05, 3.63) is 59.8 Å². The Hall–Kier alpha value is -3.96. The molecule has 10 nitrogen and oxygen atoms in total. The van der Waals surface area contributed by atoms with Crippen LogP contribution in [0, 0.1) is 6.92 Å². The molecule has 1 amide bonds. The van der Waals surface area contributed by atoms with E-state index >= 15 is 0 Å². The van der Waals surface area contributed by atoms with Gasteiger partial charge in [0, 0.05) is 49.2 Å². The Morgan fingerprint density at radius 3 is 2.50 bits per heavy atom. The Balaban J connectivity index is 1.54. The summed E-state index contributed by atoms with van der Waals surface area (Å²) in [5.74, 6) is 0.608. The third-order valence-electron chi connectivity index (χ3n) is 6.50. The van der Waals surface area contributed by atoms with Gasteiger partial charge in [0.15, 0.2) is 9.84 Å². The minimum absolute atomic E-state index is 0.0568. The molecule has 5 rings (SSSR count). The molecule has 1 fully saturated rings. The molecule has 4 aromatic rings. The molecule has 2 aromatic heterocycles. The first-order valence-electron chi connectivity index (χ1n) is 12.3. The van der Waals surface area contributed by atoms with E-state index in [1.165, 1.54) is 6.26 Å². The lowest BCUT2D eigenvalue weighted by Crippen LogP contribution is -2.26. The number of fused-ring (bicyclic) bond motifs is 1. The average Bonchev–Trinajstić information content (AvgIpc) is 3.34. The van der Waals surface area contributed by atoms with Crippen LogP contribution in [-0.4, -0.2) is 61.9 Å². The molecule has 0 unspecified atom stereocenters. The Bertz CT molecular complexity index is 1590. The van der Waals surface area contributed by atoms with Crippen LogP contribution in [0.15, 0.2) is 53.6 Å². The smallest absolute Gasteiger partial charge is 0.251 e. The van der Waals surface area contributed by atoms with Crippen molar-refractivity contribution < 1.29 is 22.7 Å². The Labute approximate surface area is 220 Å². The second kappa shape index (κ2) is 10.4. The molecule has 2 aromatic carbocycles. The fourth-order valence-corrected chi connectivity index (χ4v) is 5.04. The van der Waals surface area contributed by atoms with E-state index in [2.05, 4.69) is 20.6 Å². The first-order chi connectivity index (χ1) is 18.2. The number of H-pyrrole nitrogens is 1. The van der Waals surface area contributed by atoms with Gasteiger partial charge in [-0.25, -0.2) is 8.42 Å². The first-order valence-corrected chi connectivity index (χ1v) is 14.2. The van der Waals surface area contributed by atoms with Gasteiger partial charge in [0.05, 0.1) is 23.5 Å². The lowest BCUT2D eigenvalue weighted by Gasteiger charge is -2.23. The highest BCUT2D eigenvalue weighted by Gasteiger charge is 2.22. The first kappa shape index (κ1) is 25.7. The minimum atomic E-state index is -3.31. The van der Waals surface area contributed by atoms with Crippen LogP contribution in [0.4, 0.5) is 11.6 Å². The quantitative estimate of drug-likeness (QED) is 0.323. The molecule has 1 aliphatic heterocycles. The lowest BCUT2D eigenvalue weighted by atomic mass is 10.1. The third kappa shape index (κ3) is 5.34. The zero-order valence-electron chi connectivity index (χ0n) is 21.4. The number of rotatable bonds is 7. The summed E-state index contributed by atoms with van der Waals surface area (Å²) in [5, 5.41) is 6.59. The van der Waals surface area contributed by atoms with E-state index in [1.54, 1.807) is 43.4 Å². The summed E-state index contributed by atoms with van der Waals surface area (Å²) in [7, 11) is -1.71. The number of aryl methyl sites for hydroxylation is 1. The zero-order valence-corrected chi connectivity index (χ0v) is 22.2. The standard InChI is InChI=1S/C27H29N5O5S/c1-16-14-18(25(33)28-2)6-9-22(16)30-27-31-24-23(26(32-27)37-19-10-12-36-13-11-19)21(15-29-24)17-4-7-20(8-5-17)38(3,34)35/h4-9,14-15,19H,10-13H2,1-3H3,(H,28,33)(H2,29,30,31,32). The highest BCUT2D eigenvalue weighted by molar-refractivity contribution is 7.90. The number of carbonyl (C=O) groups is 1. The van der Waals surface area contributed by atoms with Gasteiger partial charge in [-0.15, -0.1) is 0 Å². The van der Waals surface area contributed by atoms with Gasteiger partial charge in [0.25, 0.3) is 5.91 Å². The van der Waals surface area contributed by atoms with Gasteiger partial charge >= 0.3 is 0 Å². The molecule has 0 radical (unpaired) electrons. The summed E-state index contributed by atoms with van der Waals surface area (Å²) in [5.41, 5.74) is 4.37. The average molecular weight is 536 g/mol. The maximum Gasteiger partial charge on any atom is 0.251 e. The van der Waals surface area contributed by atoms with Crippen LogP contribution in [-0.2, 0) is 14.6 Å². The molecule has 198 valence electrons. The SMILES string of the molecule is CNC(=O)c1ccc(Nc2nc(OC3CCOCC3)c3c(-c4ccc(S(C)(=O)=O)cc4)c[nH]c3n2)c(C)c1. The molecule has 0 spiro atoms. The monoisotopic (exact) mass is 535 g/mol. The molecular weight excluding hydrogens is 506 g/mol. The van der Waals surface area contributed by atoms with Gasteiger partial charge in [-0.05, 0) is 48.4 Å². The molecule has 1 aliphatic rings. The molecule has 0 saturated carbocycles. The van der Waals surface area contributed by atoms with E-state index in [1.807, 2.05) is 19.2 Å². The Morgan fingerprint density at radius 2 is 1.84 bits per heavy atom. The number of nitrogens with zero attached hydrogens (tertiary/aromatic N) is 2. The molecule has 3 N–H and O–H groups in total. The van der Waals surface area contributed by atoms with Gasteiger partial charge in [-0.1, -0.05) is 12.1 Å². The second-order valence-corrected chi connectivity index (χ2v) is 11.3. The Morgan fingerprint density at radius 1 is 1.11 bits per heavy atom. The van der Waals surface area contributed by atoms with E-state index in [4.69, 9.17) is 14.5 Å². The van der Waals surface area contributed by atoms with Crippen molar-refractivity contribution in [3.8, 4) is 17.0 Å². The van der Waals surface area contributed by atoms with Crippen LogP contribution in [0.3, 0.4) is 0 Å². The number of carbonyl (C=O) groups excluding carboxylic acids is 1. The fourth-order valence-electron chi connectivity index (χ4n) is 4.41. The predicted molar refractivity (Wildman–Crippen MR) is 145 cm³/mol. The number of hydrogen-bond acceptors (Lipinski definition) is 8. The number of sulfone groups is 1. The number of amides is 1. The summed E-state index contributed by atoms with van der Waals surface area (Å²) in [6, 6.07) is 12.1. The molecule has 0 aliphatic carbocycles. The topological polar surface area (TPSA) is 135 Å². The molecule has 38 heavy (non-hydrogen) atoms. The largest absolute Gasteiger partial charge is 0.474 e. The van der Waals surface area contributed by atoms with Crippen LogP contribution >= 0.6 is 0 Å². The minimum Gasteiger partial charge on any atom is -0.474 e. The molecule has 1 saturated heterocycles. The summed E-state index contributed by atoms with van der Waals surface area (Å²) >= 11 is 0. The highest BCUT2D eigenvalue weighted by Crippen LogP contribution is 2.36. The van der Waals surface area contributed by atoms with Crippen LogP contribution < -0.4 is 15.4 Å². The number of anilines is 2. The maximum atomic E-state index is 12.0. The van der Waals surface area contributed by atoms with Gasteiger partial charge in [-0.3, -0.25) is 4.79 Å². The molecule has 0 atom stereocenters. The van der Waals surface area contributed by atoms with Gasteiger partial charge < -0.3 is 25.1 Å². The van der Waals surface area contributed by atoms with E-state index in [9.17, 15) is 13.2 Å². The number of aromatic amines is 1. The maximum absolute atomic E-state index is 12.0. The molecular formula is C27H29N5O5S. The van der Waals surface area contributed by atoms with Crippen LogP contribution in [0.5, 0.6) is 5.88 Å². The number of benzene rings is 2. The molecule has 11 heteroatoms. The fraction of sp³-hybridized carbons (Fsp3) is 0.296. The number of nitrogens with one attached hydrogen (secondary N) is 3. The van der Waals surface area contributed by atoms with E-state index < -0.39 is 9.84 Å². The van der Waals surface area contributed by atoms with E-state index in [-0.39, 0.29) is 16.9 Å². The van der Waals surface area contributed by atoms with Crippen molar-refractivity contribution in [2.24, 2.45) is 0 Å². The summed E-state index contributed by atoms with van der Waals surface area (Å²) < 4.78 is 35.7. The Kier molecular flexibility index (Phi) is 7.04. The number of ether oxygens (including phenoxy) is 2. The van der Waals surface area contributed by atoms with Crippen molar-refractivity contribution in [1.29, 1.82) is 0 Å². The second-order valence-electron chi connectivity index (χ2n) is 9.24. The van der Waals surface area contributed by atoms with Gasteiger partial charge in [-0.2, -0.15) is 9.97 Å². The number of hydrogen-bond donors (Lipinski definition) is 3. The van der Waals surface area contributed by atoms with Crippen molar-refractivity contribution in [1.82, 2.24) is 20.3 Å². The van der Waals surface area contributed by atoms with E-state index in [0.717, 1.165) is 35.2 Å². The third-order valence-corrected chi connectivity index (χ3v) is 7.63. The van der Waals surface area contributed by atoms with Crippen molar-refractivity contribution in [2.75, 3.05) is 31.8 Å². The number of aromatic nitrogens is 3. The predicted octanol–water partition coefficient (Wildman–Crippen LogP) is 4.00.